The van der Waals surface area contributed by atoms with Gasteiger partial charge in [-0.3, -0.25) is 14.5 Å². The van der Waals surface area contributed by atoms with Gasteiger partial charge in [0.2, 0.25) is 15.9 Å². The number of hydrogen-bond acceptors (Lipinski definition) is 5. The van der Waals surface area contributed by atoms with E-state index in [0.717, 1.165) is 29.7 Å². The van der Waals surface area contributed by atoms with E-state index in [-0.39, 0.29) is 30.4 Å². The third-order valence-electron chi connectivity index (χ3n) is 6.46. The normalized spacial score (nSPS) is 23.5. The standard InChI is InChI=1S/C22H32N4O5S/c1-4-17-7-9-22(10-8-17)20(28)26(21(29)25-22)14-19(27)23-11-12-24-32(30,31)18-13-15(2)5-6-16(18)3/h5-6,13,17,24H,4,7-12,14H2,1-3H3,(H,23,27)(H,25,29). The van der Waals surface area contributed by atoms with Crippen molar-refractivity contribution in [3.63, 3.8) is 0 Å². The Bertz CT molecular complexity index is 1000. The van der Waals surface area contributed by atoms with Gasteiger partial charge in [0.25, 0.3) is 5.91 Å². The Morgan fingerprint density at radius 2 is 1.88 bits per heavy atom. The molecular weight excluding hydrogens is 432 g/mol. The molecule has 1 aromatic rings. The number of rotatable bonds is 8. The van der Waals surface area contributed by atoms with Gasteiger partial charge >= 0.3 is 6.03 Å². The van der Waals surface area contributed by atoms with Crippen molar-refractivity contribution in [1.82, 2.24) is 20.3 Å². The fourth-order valence-electron chi connectivity index (χ4n) is 4.40. The van der Waals surface area contributed by atoms with Gasteiger partial charge in [0.15, 0.2) is 0 Å². The number of hydrogen-bond donors (Lipinski definition) is 3. The number of imide groups is 1. The van der Waals surface area contributed by atoms with Crippen LogP contribution in [0.25, 0.3) is 0 Å². The number of aryl methyl sites for hydroxylation is 2. The summed E-state index contributed by atoms with van der Waals surface area (Å²) >= 11 is 0. The quantitative estimate of drug-likeness (QED) is 0.398. The Balaban J connectivity index is 1.48. The van der Waals surface area contributed by atoms with Crippen LogP contribution in [0.3, 0.4) is 0 Å². The van der Waals surface area contributed by atoms with Gasteiger partial charge in [0.1, 0.15) is 12.1 Å². The van der Waals surface area contributed by atoms with Crippen LogP contribution in [0, 0.1) is 19.8 Å². The molecule has 0 unspecified atom stereocenters. The van der Waals surface area contributed by atoms with E-state index in [1.54, 1.807) is 19.1 Å². The molecule has 0 radical (unpaired) electrons. The Morgan fingerprint density at radius 3 is 2.53 bits per heavy atom. The SMILES string of the molecule is CCC1CCC2(CC1)NC(=O)N(CC(=O)NCCNS(=O)(=O)c1cc(C)ccc1C)C2=O. The maximum absolute atomic E-state index is 12.9. The predicted octanol–water partition coefficient (Wildman–Crippen LogP) is 1.59. The summed E-state index contributed by atoms with van der Waals surface area (Å²) < 4.78 is 27.5. The molecule has 3 N–H and O–H groups in total. The van der Waals surface area contributed by atoms with Crippen molar-refractivity contribution in [3.05, 3.63) is 29.3 Å². The molecule has 9 nitrogen and oxygen atoms in total. The molecule has 1 aromatic carbocycles. The van der Waals surface area contributed by atoms with Gasteiger partial charge in [-0.1, -0.05) is 25.5 Å². The number of carbonyl (C=O) groups is 3. The third-order valence-corrected chi connectivity index (χ3v) is 8.06. The maximum Gasteiger partial charge on any atom is 0.325 e. The van der Waals surface area contributed by atoms with Gasteiger partial charge in [-0.15, -0.1) is 0 Å². The molecule has 2 fully saturated rings. The molecule has 2 aliphatic rings. The maximum atomic E-state index is 12.9. The molecule has 1 saturated heterocycles. The molecule has 1 saturated carbocycles. The van der Waals surface area contributed by atoms with E-state index in [4.69, 9.17) is 0 Å². The molecule has 0 aromatic heterocycles. The molecule has 3 rings (SSSR count). The van der Waals surface area contributed by atoms with Crippen LogP contribution in [0.1, 0.15) is 50.2 Å². The fraction of sp³-hybridized carbons (Fsp3) is 0.591. The monoisotopic (exact) mass is 464 g/mol. The molecule has 176 valence electrons. The summed E-state index contributed by atoms with van der Waals surface area (Å²) in [5, 5.41) is 5.37. The minimum atomic E-state index is -3.71. The average molecular weight is 465 g/mol. The summed E-state index contributed by atoms with van der Waals surface area (Å²) in [6.45, 7) is 5.30. The van der Waals surface area contributed by atoms with E-state index in [9.17, 15) is 22.8 Å². The molecule has 1 spiro atoms. The second-order valence-corrected chi connectivity index (χ2v) is 10.5. The first-order chi connectivity index (χ1) is 15.1. The van der Waals surface area contributed by atoms with Crippen LogP contribution in [0.15, 0.2) is 23.1 Å². The van der Waals surface area contributed by atoms with E-state index < -0.39 is 27.5 Å². The summed E-state index contributed by atoms with van der Waals surface area (Å²) in [6.07, 6.45) is 3.99. The van der Waals surface area contributed by atoms with Crippen molar-refractivity contribution >= 4 is 27.9 Å². The summed E-state index contributed by atoms with van der Waals surface area (Å²) in [5.41, 5.74) is 0.580. The van der Waals surface area contributed by atoms with E-state index in [2.05, 4.69) is 22.3 Å². The lowest BCUT2D eigenvalue weighted by Crippen LogP contribution is -2.50. The van der Waals surface area contributed by atoms with Crippen molar-refractivity contribution in [3.8, 4) is 0 Å². The Kier molecular flexibility index (Phi) is 7.24. The zero-order chi connectivity index (χ0) is 23.5. The van der Waals surface area contributed by atoms with Gasteiger partial charge in [-0.05, 0) is 62.6 Å². The lowest BCUT2D eigenvalue weighted by molar-refractivity contribution is -0.136. The summed E-state index contributed by atoms with van der Waals surface area (Å²) in [5.74, 6) is -0.295. The van der Waals surface area contributed by atoms with Gasteiger partial charge in [-0.25, -0.2) is 17.9 Å². The molecule has 32 heavy (non-hydrogen) atoms. The number of nitrogens with zero attached hydrogens (tertiary/aromatic N) is 1. The van der Waals surface area contributed by atoms with Crippen LogP contribution in [-0.2, 0) is 19.6 Å². The van der Waals surface area contributed by atoms with Gasteiger partial charge < -0.3 is 10.6 Å². The smallest absolute Gasteiger partial charge is 0.325 e. The summed E-state index contributed by atoms with van der Waals surface area (Å²) in [6, 6.07) is 4.63. The van der Waals surface area contributed by atoms with Gasteiger partial charge in [0.05, 0.1) is 4.90 Å². The summed E-state index contributed by atoms with van der Waals surface area (Å²) in [4.78, 5) is 38.7. The zero-order valence-corrected chi connectivity index (χ0v) is 19.7. The van der Waals surface area contributed by atoms with Crippen LogP contribution >= 0.6 is 0 Å². The first-order valence-corrected chi connectivity index (χ1v) is 12.5. The minimum Gasteiger partial charge on any atom is -0.353 e. The highest BCUT2D eigenvalue weighted by Crippen LogP contribution is 2.37. The first-order valence-electron chi connectivity index (χ1n) is 11.1. The molecule has 0 atom stereocenters. The van der Waals surface area contributed by atoms with E-state index in [0.29, 0.717) is 24.3 Å². The molecule has 10 heteroatoms. The van der Waals surface area contributed by atoms with Gasteiger partial charge in [0, 0.05) is 13.1 Å². The summed E-state index contributed by atoms with van der Waals surface area (Å²) in [7, 11) is -3.71. The lowest BCUT2D eigenvalue weighted by atomic mass is 9.75. The van der Waals surface area contributed by atoms with Crippen molar-refractivity contribution in [2.45, 2.75) is 63.3 Å². The van der Waals surface area contributed by atoms with Crippen molar-refractivity contribution in [1.29, 1.82) is 0 Å². The van der Waals surface area contributed by atoms with Crippen LogP contribution in [0.5, 0.6) is 0 Å². The van der Waals surface area contributed by atoms with Crippen molar-refractivity contribution in [2.75, 3.05) is 19.6 Å². The van der Waals surface area contributed by atoms with Crippen LogP contribution in [-0.4, -0.2) is 56.3 Å². The Hall–Kier alpha value is -2.46. The molecule has 4 amide bonds. The number of urea groups is 1. The fourth-order valence-corrected chi connectivity index (χ4v) is 5.76. The van der Waals surface area contributed by atoms with Gasteiger partial charge in [-0.2, -0.15) is 0 Å². The number of amides is 4. The van der Waals surface area contributed by atoms with Crippen molar-refractivity contribution in [2.24, 2.45) is 5.92 Å². The second kappa shape index (κ2) is 9.58. The topological polar surface area (TPSA) is 125 Å². The highest BCUT2D eigenvalue weighted by Gasteiger charge is 2.52. The number of nitrogens with one attached hydrogen (secondary N) is 3. The third kappa shape index (κ3) is 5.12. The van der Waals surface area contributed by atoms with E-state index in [1.807, 2.05) is 13.0 Å². The second-order valence-electron chi connectivity index (χ2n) is 8.77. The number of benzene rings is 1. The molecule has 1 heterocycles. The zero-order valence-electron chi connectivity index (χ0n) is 18.9. The highest BCUT2D eigenvalue weighted by molar-refractivity contribution is 7.89. The number of carbonyl (C=O) groups excluding carboxylic acids is 3. The molecular formula is C22H32N4O5S. The Labute approximate surface area is 189 Å². The van der Waals surface area contributed by atoms with E-state index in [1.165, 1.54) is 0 Å². The highest BCUT2D eigenvalue weighted by atomic mass is 32.2. The molecule has 1 aliphatic carbocycles. The van der Waals surface area contributed by atoms with E-state index >= 15 is 0 Å². The van der Waals surface area contributed by atoms with Crippen LogP contribution < -0.4 is 15.4 Å². The largest absolute Gasteiger partial charge is 0.353 e. The average Bonchev–Trinajstić information content (AvgIpc) is 2.97. The molecule has 1 aliphatic heterocycles. The van der Waals surface area contributed by atoms with Crippen LogP contribution in [0.2, 0.25) is 0 Å². The predicted molar refractivity (Wildman–Crippen MR) is 119 cm³/mol. The minimum absolute atomic E-state index is 0.00998. The van der Waals surface area contributed by atoms with Crippen molar-refractivity contribution < 1.29 is 22.8 Å². The Morgan fingerprint density at radius 1 is 1.19 bits per heavy atom. The molecule has 0 bridgehead atoms. The first kappa shape index (κ1) is 24.2. The number of sulfonamides is 1. The van der Waals surface area contributed by atoms with Crippen LogP contribution in [0.4, 0.5) is 4.79 Å². The lowest BCUT2D eigenvalue weighted by Gasteiger charge is -2.34.